The predicted octanol–water partition coefficient (Wildman–Crippen LogP) is 0.779. The number of carbonyl (C=O) groups excluding carboxylic acids is 1. The predicted molar refractivity (Wildman–Crippen MR) is 71.3 cm³/mol. The Hall–Kier alpha value is -1.83. The number of aliphatic hydroxyl groups is 1. The Morgan fingerprint density at radius 3 is 3.00 bits per heavy atom. The SMILES string of the molecule is O=C1COCCN1Cc1ccccc1C#CCCO. The van der Waals surface area contributed by atoms with Gasteiger partial charge in [-0.05, 0) is 11.6 Å². The average Bonchev–Trinajstić information content (AvgIpc) is 2.43. The lowest BCUT2D eigenvalue weighted by molar-refractivity contribution is -0.143. The van der Waals surface area contributed by atoms with Crippen LogP contribution >= 0.6 is 0 Å². The summed E-state index contributed by atoms with van der Waals surface area (Å²) >= 11 is 0. The number of benzene rings is 1. The average molecular weight is 259 g/mol. The molecule has 0 bridgehead atoms. The number of rotatable bonds is 3. The van der Waals surface area contributed by atoms with Gasteiger partial charge in [-0.3, -0.25) is 4.79 Å². The van der Waals surface area contributed by atoms with E-state index in [0.717, 1.165) is 11.1 Å². The molecule has 0 radical (unpaired) electrons. The summed E-state index contributed by atoms with van der Waals surface area (Å²) in [6.07, 6.45) is 0.463. The topological polar surface area (TPSA) is 49.8 Å². The fourth-order valence-corrected chi connectivity index (χ4v) is 1.92. The molecule has 1 aliphatic rings. The van der Waals surface area contributed by atoms with Crippen LogP contribution in [0.4, 0.5) is 0 Å². The Labute approximate surface area is 113 Å². The van der Waals surface area contributed by atoms with E-state index in [-0.39, 0.29) is 19.1 Å². The van der Waals surface area contributed by atoms with E-state index in [9.17, 15) is 4.79 Å². The number of hydrogen-bond donors (Lipinski definition) is 1. The van der Waals surface area contributed by atoms with E-state index in [0.29, 0.717) is 26.1 Å². The van der Waals surface area contributed by atoms with E-state index >= 15 is 0 Å². The van der Waals surface area contributed by atoms with Crippen LogP contribution in [-0.2, 0) is 16.1 Å². The first-order valence-electron chi connectivity index (χ1n) is 6.34. The van der Waals surface area contributed by atoms with Crippen molar-refractivity contribution in [3.63, 3.8) is 0 Å². The Balaban J connectivity index is 2.11. The van der Waals surface area contributed by atoms with Crippen LogP contribution in [0, 0.1) is 11.8 Å². The number of carbonyl (C=O) groups is 1. The fraction of sp³-hybridized carbons (Fsp3) is 0.400. The summed E-state index contributed by atoms with van der Waals surface area (Å²) in [6.45, 7) is 2.00. The standard InChI is InChI=1S/C15H17NO3/c17-9-4-3-6-13-5-1-2-7-14(13)11-16-8-10-19-12-15(16)18/h1-2,5,7,17H,4,8-12H2. The molecule has 0 atom stereocenters. The van der Waals surface area contributed by atoms with Crippen molar-refractivity contribution >= 4 is 5.91 Å². The van der Waals surface area contributed by atoms with E-state index in [4.69, 9.17) is 9.84 Å². The molecule has 0 saturated carbocycles. The van der Waals surface area contributed by atoms with Gasteiger partial charge in [-0.1, -0.05) is 30.0 Å². The summed E-state index contributed by atoms with van der Waals surface area (Å²) in [7, 11) is 0. The third kappa shape index (κ3) is 3.82. The highest BCUT2D eigenvalue weighted by atomic mass is 16.5. The Bertz CT molecular complexity index is 502. The summed E-state index contributed by atoms with van der Waals surface area (Å²) < 4.78 is 5.11. The third-order valence-corrected chi connectivity index (χ3v) is 2.92. The van der Waals surface area contributed by atoms with Crippen molar-refractivity contribution in [2.24, 2.45) is 0 Å². The highest BCUT2D eigenvalue weighted by Crippen LogP contribution is 2.12. The molecule has 1 aliphatic heterocycles. The summed E-state index contributed by atoms with van der Waals surface area (Å²) in [5.74, 6) is 5.97. The monoisotopic (exact) mass is 259 g/mol. The number of hydrogen-bond acceptors (Lipinski definition) is 3. The van der Waals surface area contributed by atoms with E-state index < -0.39 is 0 Å². The van der Waals surface area contributed by atoms with Gasteiger partial charge in [0.2, 0.25) is 5.91 Å². The molecule has 2 rings (SSSR count). The highest BCUT2D eigenvalue weighted by molar-refractivity contribution is 5.78. The number of ether oxygens (including phenoxy) is 1. The van der Waals surface area contributed by atoms with E-state index in [1.54, 1.807) is 4.90 Å². The van der Waals surface area contributed by atoms with Crippen LogP contribution in [0.25, 0.3) is 0 Å². The second-order valence-corrected chi connectivity index (χ2v) is 4.30. The summed E-state index contributed by atoms with van der Waals surface area (Å²) in [4.78, 5) is 13.5. The molecule has 19 heavy (non-hydrogen) atoms. The van der Waals surface area contributed by atoms with Crippen molar-refractivity contribution < 1.29 is 14.6 Å². The first kappa shape index (κ1) is 13.6. The second-order valence-electron chi connectivity index (χ2n) is 4.30. The van der Waals surface area contributed by atoms with Crippen LogP contribution in [0.3, 0.4) is 0 Å². The first-order chi connectivity index (χ1) is 9.31. The van der Waals surface area contributed by atoms with Gasteiger partial charge in [0, 0.05) is 25.1 Å². The van der Waals surface area contributed by atoms with Crippen LogP contribution in [0.2, 0.25) is 0 Å². The minimum absolute atomic E-state index is 0.0179. The zero-order valence-corrected chi connectivity index (χ0v) is 10.8. The van der Waals surface area contributed by atoms with Gasteiger partial charge < -0.3 is 14.7 Å². The molecule has 1 heterocycles. The molecule has 100 valence electrons. The molecule has 1 aromatic carbocycles. The van der Waals surface area contributed by atoms with Crippen molar-refractivity contribution in [1.82, 2.24) is 4.90 Å². The Morgan fingerprint density at radius 2 is 2.21 bits per heavy atom. The molecule has 0 aromatic heterocycles. The molecule has 1 saturated heterocycles. The molecular weight excluding hydrogens is 242 g/mol. The number of aliphatic hydroxyl groups excluding tert-OH is 1. The minimum Gasteiger partial charge on any atom is -0.395 e. The molecule has 4 heteroatoms. The van der Waals surface area contributed by atoms with Crippen molar-refractivity contribution in [2.45, 2.75) is 13.0 Å². The molecule has 0 unspecified atom stereocenters. The van der Waals surface area contributed by atoms with Gasteiger partial charge in [0.15, 0.2) is 0 Å². The lowest BCUT2D eigenvalue weighted by Crippen LogP contribution is -2.41. The van der Waals surface area contributed by atoms with Gasteiger partial charge in [0.05, 0.1) is 13.2 Å². The zero-order chi connectivity index (χ0) is 13.5. The maximum Gasteiger partial charge on any atom is 0.248 e. The lowest BCUT2D eigenvalue weighted by atomic mass is 10.1. The Kier molecular flexibility index (Phi) is 4.96. The number of nitrogens with zero attached hydrogens (tertiary/aromatic N) is 1. The van der Waals surface area contributed by atoms with Crippen molar-refractivity contribution in [1.29, 1.82) is 0 Å². The number of amides is 1. The van der Waals surface area contributed by atoms with Crippen molar-refractivity contribution in [3.05, 3.63) is 35.4 Å². The summed E-state index contributed by atoms with van der Waals surface area (Å²) in [5.41, 5.74) is 1.94. The van der Waals surface area contributed by atoms with Gasteiger partial charge in [-0.15, -0.1) is 0 Å². The number of morpholine rings is 1. The smallest absolute Gasteiger partial charge is 0.248 e. The van der Waals surface area contributed by atoms with E-state index in [2.05, 4.69) is 11.8 Å². The molecule has 1 aromatic rings. The third-order valence-electron chi connectivity index (χ3n) is 2.92. The summed E-state index contributed by atoms with van der Waals surface area (Å²) in [5, 5.41) is 8.74. The highest BCUT2D eigenvalue weighted by Gasteiger charge is 2.19. The molecule has 1 N–H and O–H groups in total. The van der Waals surface area contributed by atoms with Crippen molar-refractivity contribution in [2.75, 3.05) is 26.4 Å². The van der Waals surface area contributed by atoms with Crippen LogP contribution in [-0.4, -0.2) is 42.3 Å². The van der Waals surface area contributed by atoms with Crippen LogP contribution in [0.1, 0.15) is 17.5 Å². The second kappa shape index (κ2) is 6.93. The summed E-state index contributed by atoms with van der Waals surface area (Å²) in [6, 6.07) is 7.78. The first-order valence-corrected chi connectivity index (χ1v) is 6.34. The molecular formula is C15H17NO3. The van der Waals surface area contributed by atoms with Gasteiger partial charge in [0.25, 0.3) is 0 Å². The van der Waals surface area contributed by atoms with Gasteiger partial charge in [0.1, 0.15) is 6.61 Å². The molecule has 1 amide bonds. The van der Waals surface area contributed by atoms with Crippen LogP contribution < -0.4 is 0 Å². The van der Waals surface area contributed by atoms with Crippen molar-refractivity contribution in [3.8, 4) is 11.8 Å². The normalized spacial score (nSPS) is 15.0. The van der Waals surface area contributed by atoms with Gasteiger partial charge in [-0.2, -0.15) is 0 Å². The fourth-order valence-electron chi connectivity index (χ4n) is 1.92. The lowest BCUT2D eigenvalue weighted by Gasteiger charge is -2.27. The molecule has 1 fully saturated rings. The van der Waals surface area contributed by atoms with Gasteiger partial charge in [-0.25, -0.2) is 0 Å². The van der Waals surface area contributed by atoms with Crippen LogP contribution in [0.15, 0.2) is 24.3 Å². The largest absolute Gasteiger partial charge is 0.395 e. The minimum atomic E-state index is 0.0179. The molecule has 0 aliphatic carbocycles. The maximum atomic E-state index is 11.7. The maximum absolute atomic E-state index is 11.7. The van der Waals surface area contributed by atoms with Gasteiger partial charge >= 0.3 is 0 Å². The molecule has 0 spiro atoms. The van der Waals surface area contributed by atoms with E-state index in [1.807, 2.05) is 24.3 Å². The van der Waals surface area contributed by atoms with Crippen LogP contribution in [0.5, 0.6) is 0 Å². The quantitative estimate of drug-likeness (QED) is 0.816. The zero-order valence-electron chi connectivity index (χ0n) is 10.8. The Morgan fingerprint density at radius 1 is 1.37 bits per heavy atom. The molecule has 4 nitrogen and oxygen atoms in total. The van der Waals surface area contributed by atoms with E-state index in [1.165, 1.54) is 0 Å².